The van der Waals surface area contributed by atoms with Gasteiger partial charge in [0.1, 0.15) is 0 Å². The summed E-state index contributed by atoms with van der Waals surface area (Å²) in [6, 6.07) is 17.8. The monoisotopic (exact) mass is 291 g/mol. The maximum Gasteiger partial charge on any atom is 0.257 e. The Morgan fingerprint density at radius 2 is 1.95 bits per heavy atom. The molecule has 0 aliphatic heterocycles. The molecule has 4 nitrogen and oxygen atoms in total. The summed E-state index contributed by atoms with van der Waals surface area (Å²) >= 11 is 0. The van der Waals surface area contributed by atoms with Crippen molar-refractivity contribution in [1.29, 1.82) is 0 Å². The molecule has 1 aromatic heterocycles. The number of nitrogens with one attached hydrogen (secondary N) is 2. The second-order valence-electron chi connectivity index (χ2n) is 5.22. The van der Waals surface area contributed by atoms with Crippen LogP contribution in [0.5, 0.6) is 0 Å². The Labute approximate surface area is 128 Å². The third-order valence-corrected chi connectivity index (χ3v) is 3.45. The minimum Gasteiger partial charge on any atom is -0.321 e. The smallest absolute Gasteiger partial charge is 0.257 e. The van der Waals surface area contributed by atoms with Crippen LogP contribution in [0, 0.1) is 6.92 Å². The predicted molar refractivity (Wildman–Crippen MR) is 90.2 cm³/mol. The lowest BCUT2D eigenvalue weighted by atomic mass is 10.1. The molecule has 0 atom stereocenters. The SMILES string of the molecule is Cc1ccc2[nH]c(=O)c(/C=N\NCc3ccccc3)cc2c1. The third kappa shape index (κ3) is 3.23. The van der Waals surface area contributed by atoms with Gasteiger partial charge in [-0.3, -0.25) is 4.79 Å². The first-order valence-electron chi connectivity index (χ1n) is 7.16. The summed E-state index contributed by atoms with van der Waals surface area (Å²) in [7, 11) is 0. The highest BCUT2D eigenvalue weighted by Gasteiger charge is 2.00. The zero-order valence-electron chi connectivity index (χ0n) is 12.3. The van der Waals surface area contributed by atoms with E-state index >= 15 is 0 Å². The zero-order valence-corrected chi connectivity index (χ0v) is 12.3. The number of nitrogens with zero attached hydrogens (tertiary/aromatic N) is 1. The number of benzene rings is 2. The van der Waals surface area contributed by atoms with Gasteiger partial charge < -0.3 is 10.4 Å². The van der Waals surface area contributed by atoms with Crippen molar-refractivity contribution in [2.24, 2.45) is 5.10 Å². The summed E-state index contributed by atoms with van der Waals surface area (Å²) in [6.07, 6.45) is 1.56. The van der Waals surface area contributed by atoms with E-state index < -0.39 is 0 Å². The highest BCUT2D eigenvalue weighted by Crippen LogP contribution is 2.12. The molecule has 0 aliphatic rings. The van der Waals surface area contributed by atoms with Gasteiger partial charge in [0.2, 0.25) is 0 Å². The van der Waals surface area contributed by atoms with Gasteiger partial charge in [0.25, 0.3) is 5.56 Å². The molecule has 2 aromatic carbocycles. The Morgan fingerprint density at radius 1 is 1.14 bits per heavy atom. The lowest BCUT2D eigenvalue weighted by Gasteiger charge is -2.02. The van der Waals surface area contributed by atoms with Crippen LogP contribution >= 0.6 is 0 Å². The summed E-state index contributed by atoms with van der Waals surface area (Å²) in [6.45, 7) is 2.65. The lowest BCUT2D eigenvalue weighted by molar-refractivity contribution is 0.748. The Morgan fingerprint density at radius 3 is 2.77 bits per heavy atom. The molecule has 0 fully saturated rings. The first-order chi connectivity index (χ1) is 10.7. The van der Waals surface area contributed by atoms with Crippen molar-refractivity contribution in [3.63, 3.8) is 0 Å². The lowest BCUT2D eigenvalue weighted by Crippen LogP contribution is -2.13. The normalized spacial score (nSPS) is 11.1. The molecular formula is C18H17N3O. The van der Waals surface area contributed by atoms with Gasteiger partial charge in [-0.05, 0) is 36.1 Å². The molecule has 4 heteroatoms. The van der Waals surface area contributed by atoms with E-state index in [9.17, 15) is 4.79 Å². The van der Waals surface area contributed by atoms with Crippen LogP contribution < -0.4 is 11.0 Å². The fraction of sp³-hybridized carbons (Fsp3) is 0.111. The summed E-state index contributed by atoms with van der Waals surface area (Å²) in [5.74, 6) is 0. The number of fused-ring (bicyclic) bond motifs is 1. The number of hydrogen-bond acceptors (Lipinski definition) is 3. The van der Waals surface area contributed by atoms with Crippen molar-refractivity contribution < 1.29 is 0 Å². The van der Waals surface area contributed by atoms with E-state index in [0.717, 1.165) is 22.0 Å². The number of pyridine rings is 1. The number of aromatic amines is 1. The van der Waals surface area contributed by atoms with Gasteiger partial charge in [-0.15, -0.1) is 0 Å². The average molecular weight is 291 g/mol. The molecule has 3 aromatic rings. The number of H-pyrrole nitrogens is 1. The van der Waals surface area contributed by atoms with Crippen molar-refractivity contribution in [1.82, 2.24) is 10.4 Å². The van der Waals surface area contributed by atoms with Crippen LogP contribution in [-0.2, 0) is 6.54 Å². The molecule has 0 radical (unpaired) electrons. The van der Waals surface area contributed by atoms with Gasteiger partial charge in [-0.2, -0.15) is 5.10 Å². The van der Waals surface area contributed by atoms with Crippen LogP contribution in [0.25, 0.3) is 10.9 Å². The van der Waals surface area contributed by atoms with Gasteiger partial charge in [0, 0.05) is 5.52 Å². The molecule has 0 amide bonds. The van der Waals surface area contributed by atoms with Gasteiger partial charge in [-0.1, -0.05) is 42.0 Å². The number of aryl methyl sites for hydroxylation is 1. The molecule has 0 bridgehead atoms. The second-order valence-corrected chi connectivity index (χ2v) is 5.22. The van der Waals surface area contributed by atoms with E-state index in [4.69, 9.17) is 0 Å². The van der Waals surface area contributed by atoms with Crippen LogP contribution in [0.4, 0.5) is 0 Å². The molecule has 0 saturated carbocycles. The quantitative estimate of drug-likeness (QED) is 0.573. The number of hydrazone groups is 1. The Kier molecular flexibility index (Phi) is 4.01. The minimum atomic E-state index is -0.137. The Balaban J connectivity index is 1.77. The van der Waals surface area contributed by atoms with Crippen molar-refractivity contribution in [2.75, 3.05) is 0 Å². The molecule has 0 saturated heterocycles. The molecule has 2 N–H and O–H groups in total. The summed E-state index contributed by atoms with van der Waals surface area (Å²) < 4.78 is 0. The van der Waals surface area contributed by atoms with Crippen molar-refractivity contribution in [3.05, 3.63) is 81.6 Å². The van der Waals surface area contributed by atoms with E-state index in [2.05, 4.69) is 15.5 Å². The summed E-state index contributed by atoms with van der Waals surface area (Å²) in [4.78, 5) is 14.9. The van der Waals surface area contributed by atoms with Crippen molar-refractivity contribution in [2.45, 2.75) is 13.5 Å². The maximum atomic E-state index is 12.0. The molecular weight excluding hydrogens is 274 g/mol. The highest BCUT2D eigenvalue weighted by molar-refractivity contribution is 5.87. The molecule has 0 unspecified atom stereocenters. The highest BCUT2D eigenvalue weighted by atomic mass is 16.1. The van der Waals surface area contributed by atoms with Gasteiger partial charge in [0.15, 0.2) is 0 Å². The average Bonchev–Trinajstić information content (AvgIpc) is 2.53. The number of aromatic nitrogens is 1. The number of rotatable bonds is 4. The molecule has 0 aliphatic carbocycles. The predicted octanol–water partition coefficient (Wildman–Crippen LogP) is 2.96. The van der Waals surface area contributed by atoms with Gasteiger partial charge in [0.05, 0.1) is 18.3 Å². The summed E-state index contributed by atoms with van der Waals surface area (Å²) in [5.41, 5.74) is 6.49. The Hall–Kier alpha value is -2.88. The van der Waals surface area contributed by atoms with Crippen molar-refractivity contribution >= 4 is 17.1 Å². The molecule has 3 rings (SSSR count). The number of hydrogen-bond donors (Lipinski definition) is 2. The van der Waals surface area contributed by atoms with Gasteiger partial charge in [-0.25, -0.2) is 0 Å². The largest absolute Gasteiger partial charge is 0.321 e. The third-order valence-electron chi connectivity index (χ3n) is 3.45. The first kappa shape index (κ1) is 14.1. The summed E-state index contributed by atoms with van der Waals surface area (Å²) in [5, 5.41) is 5.14. The maximum absolute atomic E-state index is 12.0. The standard InChI is InChI=1S/C18H17N3O/c1-13-7-8-17-15(9-13)10-16(18(22)21-17)12-20-19-11-14-5-3-2-4-6-14/h2-10,12,19H,11H2,1H3,(H,21,22)/b20-12-. The molecule has 0 spiro atoms. The van der Waals surface area contributed by atoms with Gasteiger partial charge >= 0.3 is 0 Å². The molecule has 110 valence electrons. The molecule has 1 heterocycles. The minimum absolute atomic E-state index is 0.137. The van der Waals surface area contributed by atoms with E-state index in [1.807, 2.05) is 61.5 Å². The zero-order chi connectivity index (χ0) is 15.4. The van der Waals surface area contributed by atoms with E-state index in [0.29, 0.717) is 12.1 Å². The fourth-order valence-corrected chi connectivity index (χ4v) is 2.29. The van der Waals surface area contributed by atoms with E-state index in [1.54, 1.807) is 6.21 Å². The van der Waals surface area contributed by atoms with Crippen molar-refractivity contribution in [3.8, 4) is 0 Å². The van der Waals surface area contributed by atoms with Crippen LogP contribution in [0.15, 0.2) is 64.5 Å². The Bertz CT molecular complexity index is 866. The van der Waals surface area contributed by atoms with Crippen LogP contribution in [0.1, 0.15) is 16.7 Å². The topological polar surface area (TPSA) is 57.2 Å². The first-order valence-corrected chi connectivity index (χ1v) is 7.16. The van der Waals surface area contributed by atoms with E-state index in [-0.39, 0.29) is 5.56 Å². The molecule has 22 heavy (non-hydrogen) atoms. The van der Waals surface area contributed by atoms with Crippen LogP contribution in [0.2, 0.25) is 0 Å². The fourth-order valence-electron chi connectivity index (χ4n) is 2.29. The van der Waals surface area contributed by atoms with Crippen LogP contribution in [0.3, 0.4) is 0 Å². The van der Waals surface area contributed by atoms with E-state index in [1.165, 1.54) is 0 Å². The second kappa shape index (κ2) is 6.26. The van der Waals surface area contributed by atoms with Crippen LogP contribution in [-0.4, -0.2) is 11.2 Å².